The van der Waals surface area contributed by atoms with Crippen molar-refractivity contribution in [3.05, 3.63) is 94.8 Å². The average Bonchev–Trinajstić information content (AvgIpc) is 3.16. The molecule has 1 aromatic heterocycles. The molecule has 0 fully saturated rings. The summed E-state index contributed by atoms with van der Waals surface area (Å²) < 4.78 is 64.1. The summed E-state index contributed by atoms with van der Waals surface area (Å²) in [4.78, 5) is 17.5. The monoisotopic (exact) mass is 515 g/mol. The third-order valence-corrected chi connectivity index (χ3v) is 7.75. The van der Waals surface area contributed by atoms with Gasteiger partial charge in [-0.3, -0.25) is 4.79 Å². The van der Waals surface area contributed by atoms with Crippen molar-refractivity contribution in [1.82, 2.24) is 14.9 Å². The molecule has 0 bridgehead atoms. The molecule has 36 heavy (non-hydrogen) atoms. The van der Waals surface area contributed by atoms with Gasteiger partial charge in [0.25, 0.3) is 5.91 Å². The number of sulfone groups is 1. The molecule has 0 aliphatic heterocycles. The Balaban J connectivity index is 1.46. The van der Waals surface area contributed by atoms with Crippen LogP contribution in [0.4, 0.5) is 13.2 Å². The second-order valence-electron chi connectivity index (χ2n) is 8.39. The molecule has 0 unspecified atom stereocenters. The largest absolute Gasteiger partial charge is 0.416 e. The Kier molecular flexibility index (Phi) is 6.90. The fourth-order valence-corrected chi connectivity index (χ4v) is 4.69. The number of nitrogens with one attached hydrogen (secondary N) is 1. The van der Waals surface area contributed by atoms with Gasteiger partial charge in [-0.05, 0) is 53.6 Å². The molecule has 0 aliphatic carbocycles. The number of alkyl halides is 3. The lowest BCUT2D eigenvalue weighted by Gasteiger charge is -2.08. The van der Waals surface area contributed by atoms with Gasteiger partial charge in [0.15, 0.2) is 9.84 Å². The molecule has 1 N–H and O–H groups in total. The van der Waals surface area contributed by atoms with Gasteiger partial charge in [-0.2, -0.15) is 13.2 Å². The number of carbonyl (C=O) groups is 1. The lowest BCUT2D eigenvalue weighted by Crippen LogP contribution is -2.22. The lowest BCUT2D eigenvalue weighted by atomic mass is 10.1. The number of nitrogens with zero attached hydrogens (tertiary/aromatic N) is 2. The van der Waals surface area contributed by atoms with Crippen molar-refractivity contribution in [2.24, 2.45) is 7.05 Å². The van der Waals surface area contributed by atoms with E-state index in [0.717, 1.165) is 23.2 Å². The van der Waals surface area contributed by atoms with E-state index in [-0.39, 0.29) is 23.1 Å². The van der Waals surface area contributed by atoms with Crippen molar-refractivity contribution in [2.75, 3.05) is 5.75 Å². The zero-order valence-electron chi connectivity index (χ0n) is 19.6. The molecule has 1 heterocycles. The van der Waals surface area contributed by atoms with Gasteiger partial charge in [-0.15, -0.1) is 0 Å². The van der Waals surface area contributed by atoms with E-state index in [0.29, 0.717) is 28.9 Å². The van der Waals surface area contributed by atoms with Crippen LogP contribution in [-0.2, 0) is 36.0 Å². The summed E-state index contributed by atoms with van der Waals surface area (Å²) in [5.41, 5.74) is 2.55. The number of hydrogen-bond acceptors (Lipinski definition) is 4. The van der Waals surface area contributed by atoms with Crippen molar-refractivity contribution in [2.45, 2.75) is 31.0 Å². The minimum atomic E-state index is -4.38. The summed E-state index contributed by atoms with van der Waals surface area (Å²) >= 11 is 0. The number of rotatable bonds is 7. The van der Waals surface area contributed by atoms with E-state index >= 15 is 0 Å². The van der Waals surface area contributed by atoms with Crippen LogP contribution in [0.5, 0.6) is 0 Å². The Hall–Kier alpha value is -3.66. The van der Waals surface area contributed by atoms with Crippen LogP contribution in [0.2, 0.25) is 0 Å². The molecule has 0 atom stereocenters. The number of carbonyl (C=O) groups excluding carboxylic acids is 1. The molecule has 3 aromatic carbocycles. The number of fused-ring (bicyclic) bond motifs is 1. The highest BCUT2D eigenvalue weighted by Crippen LogP contribution is 2.29. The van der Waals surface area contributed by atoms with Gasteiger partial charge in [0, 0.05) is 25.6 Å². The third-order valence-electron chi connectivity index (χ3n) is 5.99. The lowest BCUT2D eigenvalue weighted by molar-refractivity contribution is -0.137. The number of hydrogen-bond donors (Lipinski definition) is 1. The van der Waals surface area contributed by atoms with E-state index in [2.05, 4.69) is 10.3 Å². The van der Waals surface area contributed by atoms with Crippen molar-refractivity contribution in [3.8, 4) is 0 Å². The van der Waals surface area contributed by atoms with E-state index in [1.165, 1.54) is 24.3 Å². The second kappa shape index (κ2) is 9.77. The maximum Gasteiger partial charge on any atom is 0.416 e. The molecule has 0 saturated carbocycles. The number of aromatic nitrogens is 2. The van der Waals surface area contributed by atoms with Gasteiger partial charge >= 0.3 is 6.18 Å². The summed E-state index contributed by atoms with van der Waals surface area (Å²) in [5, 5.41) is 2.82. The standard InChI is InChI=1S/C26H24F3N3O3S/c1-3-36(34,35)21-11-6-18(7-12-21)16-30-25(33)19-8-13-23-22(15-19)31-24(32(23)2)14-17-4-9-20(10-5-17)26(27,28)29/h4-13,15H,3,14,16H2,1-2H3,(H,30,33). The van der Waals surface area contributed by atoms with E-state index in [4.69, 9.17) is 0 Å². The molecular formula is C26H24F3N3O3S. The van der Waals surface area contributed by atoms with Crippen molar-refractivity contribution in [3.63, 3.8) is 0 Å². The first-order chi connectivity index (χ1) is 17.0. The van der Waals surface area contributed by atoms with Crippen LogP contribution >= 0.6 is 0 Å². The number of halogens is 3. The fourth-order valence-electron chi connectivity index (χ4n) is 3.81. The quantitative estimate of drug-likeness (QED) is 0.379. The molecule has 0 saturated heterocycles. The summed E-state index contributed by atoms with van der Waals surface area (Å²) in [6.07, 6.45) is -4.04. The van der Waals surface area contributed by atoms with E-state index in [1.807, 2.05) is 11.6 Å². The van der Waals surface area contributed by atoms with Crippen LogP contribution in [0.3, 0.4) is 0 Å². The Morgan fingerprint density at radius 2 is 1.61 bits per heavy atom. The Bertz CT molecular complexity index is 1510. The molecule has 1 amide bonds. The highest BCUT2D eigenvalue weighted by atomic mass is 32.2. The van der Waals surface area contributed by atoms with Crippen LogP contribution in [0.1, 0.15) is 39.8 Å². The van der Waals surface area contributed by atoms with Gasteiger partial charge in [0.2, 0.25) is 0 Å². The van der Waals surface area contributed by atoms with Crippen LogP contribution in [-0.4, -0.2) is 29.6 Å². The van der Waals surface area contributed by atoms with E-state index < -0.39 is 21.6 Å². The van der Waals surface area contributed by atoms with Crippen LogP contribution in [0.15, 0.2) is 71.6 Å². The smallest absolute Gasteiger partial charge is 0.348 e. The predicted molar refractivity (Wildman–Crippen MR) is 130 cm³/mol. The topological polar surface area (TPSA) is 81.1 Å². The molecule has 4 aromatic rings. The minimum Gasteiger partial charge on any atom is -0.348 e. The first-order valence-corrected chi connectivity index (χ1v) is 12.8. The predicted octanol–water partition coefficient (Wildman–Crippen LogP) is 4.91. The number of aryl methyl sites for hydroxylation is 1. The zero-order chi connectivity index (χ0) is 26.1. The number of benzene rings is 3. The van der Waals surface area contributed by atoms with Crippen molar-refractivity contribution >= 4 is 26.8 Å². The van der Waals surface area contributed by atoms with E-state index in [9.17, 15) is 26.4 Å². The van der Waals surface area contributed by atoms with Crippen LogP contribution in [0, 0.1) is 0 Å². The van der Waals surface area contributed by atoms with Gasteiger partial charge in [0.05, 0.1) is 27.2 Å². The Labute approximate surface area is 206 Å². The van der Waals surface area contributed by atoms with Gasteiger partial charge in [-0.25, -0.2) is 13.4 Å². The third kappa shape index (κ3) is 5.43. The van der Waals surface area contributed by atoms with Crippen LogP contribution in [0.25, 0.3) is 11.0 Å². The molecule has 10 heteroatoms. The summed E-state index contributed by atoms with van der Waals surface area (Å²) in [7, 11) is -1.46. The van der Waals surface area contributed by atoms with Gasteiger partial charge in [-0.1, -0.05) is 31.2 Å². The van der Waals surface area contributed by atoms with Gasteiger partial charge < -0.3 is 9.88 Å². The molecule has 188 valence electrons. The molecule has 4 rings (SSSR count). The van der Waals surface area contributed by atoms with Gasteiger partial charge in [0.1, 0.15) is 5.82 Å². The maximum absolute atomic E-state index is 12.8. The molecule has 6 nitrogen and oxygen atoms in total. The average molecular weight is 516 g/mol. The molecule has 0 aliphatic rings. The van der Waals surface area contributed by atoms with Crippen LogP contribution < -0.4 is 5.32 Å². The normalized spacial score (nSPS) is 12.1. The SMILES string of the molecule is CCS(=O)(=O)c1ccc(CNC(=O)c2ccc3c(c2)nc(Cc2ccc(C(F)(F)F)cc2)n3C)cc1. The second-order valence-corrected chi connectivity index (χ2v) is 10.7. The van der Waals surface area contributed by atoms with Crippen molar-refractivity contribution < 1.29 is 26.4 Å². The first kappa shape index (κ1) is 25.4. The summed E-state index contributed by atoms with van der Waals surface area (Å²) in [6, 6.07) is 16.5. The summed E-state index contributed by atoms with van der Waals surface area (Å²) in [5.74, 6) is 0.368. The molecule has 0 spiro atoms. The Morgan fingerprint density at radius 1 is 0.972 bits per heavy atom. The summed E-state index contributed by atoms with van der Waals surface area (Å²) in [6.45, 7) is 1.81. The van der Waals surface area contributed by atoms with Crippen molar-refractivity contribution in [1.29, 1.82) is 0 Å². The highest BCUT2D eigenvalue weighted by Gasteiger charge is 2.30. The first-order valence-electron chi connectivity index (χ1n) is 11.2. The van der Waals surface area contributed by atoms with E-state index in [1.54, 1.807) is 37.3 Å². The molecule has 0 radical (unpaired) electrons. The minimum absolute atomic E-state index is 0.0190. The highest BCUT2D eigenvalue weighted by molar-refractivity contribution is 7.91. The maximum atomic E-state index is 12.8. The fraction of sp³-hybridized carbons (Fsp3) is 0.231. The molecular weight excluding hydrogens is 491 g/mol. The zero-order valence-corrected chi connectivity index (χ0v) is 20.4. The number of imidazole rings is 1. The number of amides is 1. The Morgan fingerprint density at radius 3 is 2.22 bits per heavy atom.